The summed E-state index contributed by atoms with van der Waals surface area (Å²) >= 11 is 3.18. The summed E-state index contributed by atoms with van der Waals surface area (Å²) in [4.78, 5) is 50.5. The van der Waals surface area contributed by atoms with Crippen molar-refractivity contribution >= 4 is 55.0 Å². The number of ketones is 1. The summed E-state index contributed by atoms with van der Waals surface area (Å²) in [6.45, 7) is -0.537. The number of carbonyl (C=O) groups is 3. The number of nitro benzene ring substituents is 1. The number of halogens is 1. The summed E-state index contributed by atoms with van der Waals surface area (Å²) < 4.78 is 38.9. The number of esters is 2. The summed E-state index contributed by atoms with van der Waals surface area (Å²) in [5.74, 6) is 3.00. The quantitative estimate of drug-likeness (QED) is 0.106. The van der Waals surface area contributed by atoms with Crippen LogP contribution in [0.15, 0.2) is 65.2 Å². The van der Waals surface area contributed by atoms with Crippen LogP contribution in [0.5, 0.6) is 0 Å². The maximum absolute atomic E-state index is 13.8. The molecule has 14 heteroatoms. The van der Waals surface area contributed by atoms with Crippen LogP contribution in [0.4, 0.5) is 11.4 Å². The van der Waals surface area contributed by atoms with Gasteiger partial charge in [0.05, 0.1) is 41.3 Å². The molecule has 0 fully saturated rings. The van der Waals surface area contributed by atoms with Gasteiger partial charge in [-0.15, -0.1) is 0 Å². The van der Waals surface area contributed by atoms with Gasteiger partial charge in [0, 0.05) is 42.6 Å². The number of nitro groups is 1. The number of fused-ring (bicyclic) bond motifs is 3. The van der Waals surface area contributed by atoms with Gasteiger partial charge in [-0.1, -0.05) is 46.0 Å². The van der Waals surface area contributed by atoms with Crippen LogP contribution >= 0.6 is 15.9 Å². The fraction of sp³-hybridized carbons (Fsp3) is 0.321. The molecule has 12 nitrogen and oxygen atoms in total. The average Bonchev–Trinajstić information content (AvgIpc) is 3.31. The first-order valence-electron chi connectivity index (χ1n) is 12.5. The fourth-order valence-electron chi connectivity index (χ4n) is 5.67. The van der Waals surface area contributed by atoms with E-state index in [1.165, 1.54) is 6.08 Å². The zero-order valence-corrected chi connectivity index (χ0v) is 25.0. The van der Waals surface area contributed by atoms with Crippen molar-refractivity contribution in [3.63, 3.8) is 0 Å². The molecule has 0 amide bonds. The number of methoxy groups -OCH3 is 2. The average molecular weight is 660 g/mol. The van der Waals surface area contributed by atoms with E-state index < -0.39 is 49.9 Å². The first kappa shape index (κ1) is 30.9. The molecular formula is C28H26BrN3O9S. The summed E-state index contributed by atoms with van der Waals surface area (Å²) in [6, 6.07) is 11.3. The highest BCUT2D eigenvalue weighted by atomic mass is 79.9. The van der Waals surface area contributed by atoms with Crippen LogP contribution in [-0.2, 0) is 39.3 Å². The van der Waals surface area contributed by atoms with E-state index in [0.717, 1.165) is 42.8 Å². The first-order chi connectivity index (χ1) is 20.0. The molecule has 0 saturated carbocycles. The zero-order chi connectivity index (χ0) is 30.7. The molecule has 0 aromatic heterocycles. The number of allylic oxidation sites excluding steroid dienone is 2. The number of rotatable bonds is 9. The number of hydrogen-bond donors (Lipinski definition) is 1. The Balaban J connectivity index is 1.89. The first-order valence-corrected chi connectivity index (χ1v) is 15.1. The molecule has 1 atom stereocenters. The minimum absolute atomic E-state index is 0.164. The van der Waals surface area contributed by atoms with E-state index in [9.17, 15) is 32.9 Å². The third kappa shape index (κ3) is 4.97. The Labute approximate surface area is 250 Å². The molecule has 2 aromatic carbocycles. The summed E-state index contributed by atoms with van der Waals surface area (Å²) in [5, 5.41) is 14.5. The molecule has 2 aromatic rings. The lowest BCUT2D eigenvalue weighted by atomic mass is 9.53. The minimum Gasteiger partial charge on any atom is -0.468 e. The summed E-state index contributed by atoms with van der Waals surface area (Å²) in [7, 11) is -2.09. The van der Waals surface area contributed by atoms with E-state index in [2.05, 4.69) is 33.1 Å². The van der Waals surface area contributed by atoms with E-state index in [1.807, 2.05) is 0 Å². The Morgan fingerprint density at radius 3 is 2.33 bits per heavy atom. The number of hydrogen-bond acceptors (Lipinski definition) is 10. The van der Waals surface area contributed by atoms with Crippen molar-refractivity contribution in [2.75, 3.05) is 38.0 Å². The largest absolute Gasteiger partial charge is 0.468 e. The Morgan fingerprint density at radius 2 is 1.74 bits per heavy atom. The van der Waals surface area contributed by atoms with E-state index in [0.29, 0.717) is 11.3 Å². The van der Waals surface area contributed by atoms with Crippen molar-refractivity contribution in [3.8, 4) is 11.8 Å². The fourth-order valence-corrected chi connectivity index (χ4v) is 7.21. The molecule has 0 bridgehead atoms. The second-order valence-electron chi connectivity index (χ2n) is 9.49. The van der Waals surface area contributed by atoms with Crippen molar-refractivity contribution in [2.45, 2.75) is 23.2 Å². The number of para-hydroxylation sites is 1. The van der Waals surface area contributed by atoms with Crippen LogP contribution in [0, 0.1) is 27.4 Å². The molecule has 0 saturated heterocycles. The molecule has 220 valence electrons. The smallest absolute Gasteiger partial charge is 0.325 e. The van der Waals surface area contributed by atoms with Crippen LogP contribution in [0.3, 0.4) is 0 Å². The van der Waals surface area contributed by atoms with Gasteiger partial charge in [-0.3, -0.25) is 24.5 Å². The third-order valence-electron chi connectivity index (χ3n) is 7.53. The van der Waals surface area contributed by atoms with E-state index in [4.69, 9.17) is 9.47 Å². The number of anilines is 1. The number of benzene rings is 2. The third-order valence-corrected chi connectivity index (χ3v) is 9.67. The molecule has 1 heterocycles. The predicted molar refractivity (Wildman–Crippen MR) is 154 cm³/mol. The highest BCUT2D eigenvalue weighted by Crippen LogP contribution is 2.60. The Hall–Kier alpha value is -4.06. The van der Waals surface area contributed by atoms with Gasteiger partial charge in [-0.05, 0) is 30.2 Å². The molecule has 4 rings (SSSR count). The Morgan fingerprint density at radius 1 is 1.10 bits per heavy atom. The molecule has 0 unspecified atom stereocenters. The lowest BCUT2D eigenvalue weighted by molar-refractivity contribution is -0.384. The van der Waals surface area contributed by atoms with Gasteiger partial charge in [0.1, 0.15) is 0 Å². The van der Waals surface area contributed by atoms with Crippen molar-refractivity contribution in [2.24, 2.45) is 5.41 Å². The van der Waals surface area contributed by atoms with Crippen LogP contribution in [-0.4, -0.2) is 68.0 Å². The van der Waals surface area contributed by atoms with Crippen molar-refractivity contribution in [1.29, 1.82) is 0 Å². The van der Waals surface area contributed by atoms with Gasteiger partial charge in [0.2, 0.25) is 10.0 Å². The SMILES string of the molecule is COC(=O)C1(C(=O)OC)CC(=O)C=C2Nc3ccccc3[C@]21CCN(CC#CCBr)S(=O)(=O)c1ccc([N+](=O)[O-])cc1. The molecule has 2 aliphatic rings. The number of nitrogens with one attached hydrogen (secondary N) is 1. The van der Waals surface area contributed by atoms with Crippen molar-refractivity contribution < 1.29 is 37.2 Å². The minimum atomic E-state index is -4.28. The molecule has 0 spiro atoms. The highest BCUT2D eigenvalue weighted by Gasteiger charge is 2.70. The number of nitrogens with zero attached hydrogens (tertiary/aromatic N) is 2. The van der Waals surface area contributed by atoms with E-state index >= 15 is 0 Å². The number of alkyl halides is 1. The molecule has 0 radical (unpaired) electrons. The van der Waals surface area contributed by atoms with Crippen LogP contribution in [0.2, 0.25) is 0 Å². The van der Waals surface area contributed by atoms with Gasteiger partial charge in [0.15, 0.2) is 11.2 Å². The summed E-state index contributed by atoms with van der Waals surface area (Å²) in [6.07, 6.45) is 0.580. The van der Waals surface area contributed by atoms with E-state index in [-0.39, 0.29) is 41.1 Å². The molecule has 1 N–H and O–H groups in total. The second-order valence-corrected chi connectivity index (χ2v) is 12.0. The van der Waals surface area contributed by atoms with Gasteiger partial charge in [-0.25, -0.2) is 8.42 Å². The monoisotopic (exact) mass is 659 g/mol. The predicted octanol–water partition coefficient (Wildman–Crippen LogP) is 2.93. The Bertz CT molecular complexity index is 1630. The lowest BCUT2D eigenvalue weighted by Gasteiger charge is -2.47. The molecule has 1 aliphatic carbocycles. The van der Waals surface area contributed by atoms with Gasteiger partial charge < -0.3 is 14.8 Å². The lowest BCUT2D eigenvalue weighted by Crippen LogP contribution is -2.60. The van der Waals surface area contributed by atoms with Crippen LogP contribution < -0.4 is 5.32 Å². The highest BCUT2D eigenvalue weighted by molar-refractivity contribution is 9.09. The molecule has 42 heavy (non-hydrogen) atoms. The topological polar surface area (TPSA) is 162 Å². The van der Waals surface area contributed by atoms with Crippen LogP contribution in [0.25, 0.3) is 0 Å². The standard InChI is InChI=1S/C28H26BrN3O9S/c1-40-25(34)28(26(35)41-2)18-20(33)17-24-27(28,22-7-3-4-8-23(22)30-24)13-16-31(15-6-5-14-29)42(38,39)21-11-9-19(10-12-21)32(36)37/h3-4,7-12,17,30H,13-16,18H2,1-2H3/t27-/m1/s1. The molecular weight excluding hydrogens is 634 g/mol. The maximum Gasteiger partial charge on any atom is 0.325 e. The van der Waals surface area contributed by atoms with Gasteiger partial charge in [0.25, 0.3) is 5.69 Å². The summed E-state index contributed by atoms with van der Waals surface area (Å²) in [5.41, 5.74) is -2.80. The van der Waals surface area contributed by atoms with Gasteiger partial charge >= 0.3 is 11.9 Å². The maximum atomic E-state index is 13.8. The number of carbonyl (C=O) groups excluding carboxylic acids is 3. The number of non-ortho nitro benzene ring substituents is 1. The Kier molecular flexibility index (Phi) is 8.86. The van der Waals surface area contributed by atoms with Crippen LogP contribution in [0.1, 0.15) is 18.4 Å². The van der Waals surface area contributed by atoms with E-state index in [1.54, 1.807) is 24.3 Å². The van der Waals surface area contributed by atoms with Gasteiger partial charge in [-0.2, -0.15) is 4.31 Å². The van der Waals surface area contributed by atoms with Crippen molar-refractivity contribution in [1.82, 2.24) is 4.31 Å². The second kappa shape index (κ2) is 12.0. The zero-order valence-electron chi connectivity index (χ0n) is 22.6. The number of sulfonamides is 1. The molecule has 1 aliphatic heterocycles. The normalized spacial score (nSPS) is 18.5. The van der Waals surface area contributed by atoms with Crippen molar-refractivity contribution in [3.05, 3.63) is 76.0 Å². The number of ether oxygens (including phenoxy) is 2.